The van der Waals surface area contributed by atoms with Crippen LogP contribution in [0, 0.1) is 13.8 Å². The quantitative estimate of drug-likeness (QED) is 0.652. The molecule has 1 fully saturated rings. The number of rotatable bonds is 3. The van der Waals surface area contributed by atoms with Gasteiger partial charge in [0.2, 0.25) is 10.0 Å². The number of pyridine rings is 1. The van der Waals surface area contributed by atoms with Crippen LogP contribution in [0.25, 0.3) is 10.9 Å². The zero-order valence-corrected chi connectivity index (χ0v) is 17.1. The lowest BCUT2D eigenvalue weighted by atomic mass is 10.2. The van der Waals surface area contributed by atoms with Crippen molar-refractivity contribution in [2.45, 2.75) is 18.7 Å². The van der Waals surface area contributed by atoms with Crippen LogP contribution in [0.3, 0.4) is 0 Å². The Kier molecular flexibility index (Phi) is 5.01. The van der Waals surface area contributed by atoms with Crippen molar-refractivity contribution >= 4 is 26.8 Å². The number of sulfonamides is 1. The molecule has 0 unspecified atom stereocenters. The number of benzene rings is 1. The summed E-state index contributed by atoms with van der Waals surface area (Å²) in [7, 11) is -3.72. The summed E-state index contributed by atoms with van der Waals surface area (Å²) in [6, 6.07) is 7.08. The van der Waals surface area contributed by atoms with Gasteiger partial charge in [-0.25, -0.2) is 13.4 Å². The molecule has 0 bridgehead atoms. The Balaban J connectivity index is 1.54. The molecule has 3 heterocycles. The average Bonchev–Trinajstić information content (AvgIpc) is 2.73. The molecule has 2 aromatic heterocycles. The standard InChI is InChI=1S/C20H21N5O3S/c1-14-10-16-4-3-5-18(19(16)23-11-14)29(27,28)25-8-6-24(7-9-25)20(26)17-13-21-15(2)12-22-17/h3-5,10-13H,6-9H2,1-2H3. The first-order valence-corrected chi connectivity index (χ1v) is 10.7. The fraction of sp³-hybridized carbons (Fsp3) is 0.300. The van der Waals surface area contributed by atoms with E-state index in [1.807, 2.05) is 19.1 Å². The number of carbonyl (C=O) groups is 1. The van der Waals surface area contributed by atoms with E-state index in [0.717, 1.165) is 16.6 Å². The van der Waals surface area contributed by atoms with Gasteiger partial charge in [0.15, 0.2) is 0 Å². The van der Waals surface area contributed by atoms with Gasteiger partial charge in [-0.15, -0.1) is 0 Å². The fourth-order valence-electron chi connectivity index (χ4n) is 3.39. The zero-order chi connectivity index (χ0) is 20.6. The van der Waals surface area contributed by atoms with Crippen LogP contribution in [-0.4, -0.2) is 64.7 Å². The van der Waals surface area contributed by atoms with Crippen LogP contribution in [0.5, 0.6) is 0 Å². The van der Waals surface area contributed by atoms with Crippen molar-refractivity contribution in [3.63, 3.8) is 0 Å². The number of hydrogen-bond acceptors (Lipinski definition) is 6. The normalized spacial score (nSPS) is 15.6. The highest BCUT2D eigenvalue weighted by molar-refractivity contribution is 7.89. The van der Waals surface area contributed by atoms with Crippen LogP contribution in [0.4, 0.5) is 0 Å². The third-order valence-corrected chi connectivity index (χ3v) is 6.88. The Morgan fingerprint density at radius 2 is 1.72 bits per heavy atom. The third kappa shape index (κ3) is 3.70. The average molecular weight is 411 g/mol. The summed E-state index contributed by atoms with van der Waals surface area (Å²) in [4.78, 5) is 27.0. The van der Waals surface area contributed by atoms with Crippen molar-refractivity contribution in [2.24, 2.45) is 0 Å². The highest BCUT2D eigenvalue weighted by Gasteiger charge is 2.32. The number of fused-ring (bicyclic) bond motifs is 1. The predicted molar refractivity (Wildman–Crippen MR) is 108 cm³/mol. The summed E-state index contributed by atoms with van der Waals surface area (Å²) < 4.78 is 27.9. The van der Waals surface area contributed by atoms with Gasteiger partial charge >= 0.3 is 0 Å². The minimum atomic E-state index is -3.72. The van der Waals surface area contributed by atoms with Gasteiger partial charge in [0.05, 0.1) is 17.4 Å². The van der Waals surface area contributed by atoms with Crippen molar-refractivity contribution in [1.82, 2.24) is 24.2 Å². The first-order valence-electron chi connectivity index (χ1n) is 9.30. The second kappa shape index (κ2) is 7.49. The Bertz CT molecular complexity index is 1170. The highest BCUT2D eigenvalue weighted by atomic mass is 32.2. The van der Waals surface area contributed by atoms with Gasteiger partial charge in [-0.2, -0.15) is 4.31 Å². The van der Waals surface area contributed by atoms with Gasteiger partial charge in [0.25, 0.3) is 5.91 Å². The highest BCUT2D eigenvalue weighted by Crippen LogP contribution is 2.25. The van der Waals surface area contributed by atoms with Crippen LogP contribution in [0.1, 0.15) is 21.7 Å². The number of aromatic nitrogens is 3. The summed E-state index contributed by atoms with van der Waals surface area (Å²) in [5.41, 5.74) is 2.43. The van der Waals surface area contributed by atoms with E-state index >= 15 is 0 Å². The van der Waals surface area contributed by atoms with E-state index < -0.39 is 10.0 Å². The molecule has 1 aliphatic heterocycles. The number of piperazine rings is 1. The van der Waals surface area contributed by atoms with Crippen LogP contribution in [0.15, 0.2) is 47.8 Å². The van der Waals surface area contributed by atoms with Crippen molar-refractivity contribution in [1.29, 1.82) is 0 Å². The summed E-state index contributed by atoms with van der Waals surface area (Å²) in [5, 5.41) is 0.790. The second-order valence-corrected chi connectivity index (χ2v) is 8.99. The van der Waals surface area contributed by atoms with Crippen LogP contribution in [-0.2, 0) is 10.0 Å². The van der Waals surface area contributed by atoms with E-state index in [-0.39, 0.29) is 29.6 Å². The van der Waals surface area contributed by atoms with Gasteiger partial charge in [0.1, 0.15) is 10.6 Å². The van der Waals surface area contributed by atoms with Crippen molar-refractivity contribution in [3.05, 3.63) is 59.8 Å². The molecular formula is C20H21N5O3S. The maximum absolute atomic E-state index is 13.2. The summed E-state index contributed by atoms with van der Waals surface area (Å²) >= 11 is 0. The fourth-order valence-corrected chi connectivity index (χ4v) is 4.97. The van der Waals surface area contributed by atoms with E-state index in [1.54, 1.807) is 36.4 Å². The minimum absolute atomic E-state index is 0.194. The lowest BCUT2D eigenvalue weighted by Gasteiger charge is -2.33. The molecule has 4 rings (SSSR count). The van der Waals surface area contributed by atoms with Crippen molar-refractivity contribution in [3.8, 4) is 0 Å². The Morgan fingerprint density at radius 3 is 2.41 bits per heavy atom. The van der Waals surface area contributed by atoms with E-state index in [0.29, 0.717) is 18.6 Å². The summed E-state index contributed by atoms with van der Waals surface area (Å²) in [5.74, 6) is -0.239. The number of nitrogens with zero attached hydrogens (tertiary/aromatic N) is 5. The smallest absolute Gasteiger partial charge is 0.274 e. The molecule has 1 amide bonds. The molecule has 1 aromatic carbocycles. The number of aryl methyl sites for hydroxylation is 2. The molecule has 0 saturated carbocycles. The van der Waals surface area contributed by atoms with E-state index in [1.165, 1.54) is 10.5 Å². The molecule has 0 spiro atoms. The molecule has 3 aromatic rings. The van der Waals surface area contributed by atoms with Gasteiger partial charge in [-0.05, 0) is 31.5 Å². The van der Waals surface area contributed by atoms with Crippen LogP contribution >= 0.6 is 0 Å². The second-order valence-electron chi connectivity index (χ2n) is 7.08. The van der Waals surface area contributed by atoms with Gasteiger partial charge in [-0.1, -0.05) is 12.1 Å². The Hall–Kier alpha value is -2.91. The molecule has 9 heteroatoms. The van der Waals surface area contributed by atoms with E-state index in [2.05, 4.69) is 15.0 Å². The molecule has 8 nitrogen and oxygen atoms in total. The maximum atomic E-state index is 13.2. The molecule has 1 aliphatic rings. The molecule has 29 heavy (non-hydrogen) atoms. The summed E-state index contributed by atoms with van der Waals surface area (Å²) in [6.07, 6.45) is 4.66. The molecule has 0 atom stereocenters. The third-order valence-electron chi connectivity index (χ3n) is 4.95. The van der Waals surface area contributed by atoms with Crippen LogP contribution < -0.4 is 0 Å². The van der Waals surface area contributed by atoms with Gasteiger partial charge < -0.3 is 4.90 Å². The Labute approximate surface area is 169 Å². The number of carbonyl (C=O) groups excluding carboxylic acids is 1. The Morgan fingerprint density at radius 1 is 0.966 bits per heavy atom. The number of hydrogen-bond donors (Lipinski definition) is 0. The van der Waals surface area contributed by atoms with Gasteiger partial charge in [0, 0.05) is 44.0 Å². The molecular weight excluding hydrogens is 390 g/mol. The molecule has 150 valence electrons. The largest absolute Gasteiger partial charge is 0.335 e. The number of amides is 1. The van der Waals surface area contributed by atoms with Crippen LogP contribution in [0.2, 0.25) is 0 Å². The predicted octanol–water partition coefficient (Wildman–Crippen LogP) is 1.79. The van der Waals surface area contributed by atoms with Gasteiger partial charge in [-0.3, -0.25) is 14.8 Å². The summed E-state index contributed by atoms with van der Waals surface area (Å²) in [6.45, 7) is 4.75. The lowest BCUT2D eigenvalue weighted by Crippen LogP contribution is -2.50. The minimum Gasteiger partial charge on any atom is -0.335 e. The van der Waals surface area contributed by atoms with Crippen molar-refractivity contribution in [2.75, 3.05) is 26.2 Å². The zero-order valence-electron chi connectivity index (χ0n) is 16.2. The number of para-hydroxylation sites is 1. The molecule has 0 aliphatic carbocycles. The monoisotopic (exact) mass is 411 g/mol. The molecule has 0 radical (unpaired) electrons. The van der Waals surface area contributed by atoms with E-state index in [9.17, 15) is 13.2 Å². The first-order chi connectivity index (χ1) is 13.9. The SMILES string of the molecule is Cc1cnc2c(S(=O)(=O)N3CCN(C(=O)c4cnc(C)cn4)CC3)cccc2c1. The topological polar surface area (TPSA) is 96.4 Å². The van der Waals surface area contributed by atoms with Crippen molar-refractivity contribution < 1.29 is 13.2 Å². The molecule has 0 N–H and O–H groups in total. The van der Waals surface area contributed by atoms with E-state index in [4.69, 9.17) is 0 Å². The maximum Gasteiger partial charge on any atom is 0.274 e. The lowest BCUT2D eigenvalue weighted by molar-refractivity contribution is 0.0691. The first kappa shape index (κ1) is 19.4. The molecule has 1 saturated heterocycles.